The summed E-state index contributed by atoms with van der Waals surface area (Å²) in [6, 6.07) is -1.11. The van der Waals surface area contributed by atoms with Crippen molar-refractivity contribution in [2.24, 2.45) is 5.92 Å². The van der Waals surface area contributed by atoms with Crippen LogP contribution in [-0.2, 0) is 4.79 Å². The van der Waals surface area contributed by atoms with Crippen molar-refractivity contribution in [2.45, 2.75) is 78.3 Å². The summed E-state index contributed by atoms with van der Waals surface area (Å²) in [5.74, 6) is -0.303. The maximum Gasteiger partial charge on any atom is 0.326 e. The van der Waals surface area contributed by atoms with Crippen molar-refractivity contribution in [1.29, 1.82) is 0 Å². The lowest BCUT2D eigenvalue weighted by Crippen LogP contribution is -2.48. The number of hydrogen-bond donors (Lipinski definition) is 3. The Hall–Kier alpha value is -1.26. The first-order valence-electron chi connectivity index (χ1n) is 7.66. The van der Waals surface area contributed by atoms with Crippen molar-refractivity contribution < 1.29 is 14.7 Å². The van der Waals surface area contributed by atoms with Gasteiger partial charge >= 0.3 is 12.0 Å². The van der Waals surface area contributed by atoms with Crippen LogP contribution in [0.3, 0.4) is 0 Å². The normalized spacial score (nSPS) is 13.8. The molecule has 0 spiro atoms. The van der Waals surface area contributed by atoms with Crippen LogP contribution in [0.1, 0.15) is 66.2 Å². The number of urea groups is 1. The largest absolute Gasteiger partial charge is 0.480 e. The summed E-state index contributed by atoms with van der Waals surface area (Å²) in [6.07, 6.45) is 5.30. The summed E-state index contributed by atoms with van der Waals surface area (Å²) in [7, 11) is 0. The quantitative estimate of drug-likeness (QED) is 0.577. The molecule has 5 heteroatoms. The fourth-order valence-corrected chi connectivity index (χ4v) is 1.99. The van der Waals surface area contributed by atoms with Gasteiger partial charge in [-0.3, -0.25) is 0 Å². The second-order valence-corrected chi connectivity index (χ2v) is 5.88. The van der Waals surface area contributed by atoms with Gasteiger partial charge in [-0.25, -0.2) is 9.59 Å². The van der Waals surface area contributed by atoms with Crippen LogP contribution >= 0.6 is 0 Å². The van der Waals surface area contributed by atoms with Crippen LogP contribution in [0.5, 0.6) is 0 Å². The maximum absolute atomic E-state index is 11.7. The zero-order valence-electron chi connectivity index (χ0n) is 13.2. The number of hydrogen-bond acceptors (Lipinski definition) is 2. The molecule has 2 amide bonds. The van der Waals surface area contributed by atoms with E-state index in [0.717, 1.165) is 32.1 Å². The van der Waals surface area contributed by atoms with Crippen LogP contribution in [0.25, 0.3) is 0 Å². The van der Waals surface area contributed by atoms with Gasteiger partial charge in [0.2, 0.25) is 0 Å². The smallest absolute Gasteiger partial charge is 0.326 e. The van der Waals surface area contributed by atoms with E-state index in [0.29, 0.717) is 12.3 Å². The molecule has 118 valence electrons. The Morgan fingerprint density at radius 2 is 1.65 bits per heavy atom. The predicted molar refractivity (Wildman–Crippen MR) is 80.8 cm³/mol. The van der Waals surface area contributed by atoms with Gasteiger partial charge in [-0.15, -0.1) is 0 Å². The number of carbonyl (C=O) groups is 2. The molecule has 3 N–H and O–H groups in total. The average Bonchev–Trinajstić information content (AvgIpc) is 2.33. The molecular formula is C15H30N2O3. The van der Waals surface area contributed by atoms with Gasteiger partial charge in [0.15, 0.2) is 0 Å². The summed E-state index contributed by atoms with van der Waals surface area (Å²) in [4.78, 5) is 22.8. The van der Waals surface area contributed by atoms with Crippen molar-refractivity contribution in [3.05, 3.63) is 0 Å². The van der Waals surface area contributed by atoms with Crippen LogP contribution in [0.2, 0.25) is 0 Å². The summed E-state index contributed by atoms with van der Waals surface area (Å²) in [5, 5.41) is 14.4. The fourth-order valence-electron chi connectivity index (χ4n) is 1.99. The lowest BCUT2D eigenvalue weighted by atomic mass is 10.0. The molecule has 2 atom stereocenters. The van der Waals surface area contributed by atoms with Crippen molar-refractivity contribution in [1.82, 2.24) is 10.6 Å². The molecule has 0 fully saturated rings. The molecule has 0 aromatic rings. The average molecular weight is 286 g/mol. The lowest BCUT2D eigenvalue weighted by Gasteiger charge is -2.18. The Labute approximate surface area is 122 Å². The third-order valence-corrected chi connectivity index (χ3v) is 3.25. The molecule has 0 bridgehead atoms. The Morgan fingerprint density at radius 3 is 2.15 bits per heavy atom. The molecular weight excluding hydrogens is 256 g/mol. The van der Waals surface area contributed by atoms with Crippen LogP contribution in [0.4, 0.5) is 4.79 Å². The van der Waals surface area contributed by atoms with Gasteiger partial charge < -0.3 is 15.7 Å². The topological polar surface area (TPSA) is 78.4 Å². The van der Waals surface area contributed by atoms with Crippen molar-refractivity contribution in [3.8, 4) is 0 Å². The third-order valence-electron chi connectivity index (χ3n) is 3.25. The van der Waals surface area contributed by atoms with E-state index in [9.17, 15) is 9.59 Å². The molecule has 5 nitrogen and oxygen atoms in total. The number of amides is 2. The van der Waals surface area contributed by atoms with Gasteiger partial charge in [0, 0.05) is 6.04 Å². The lowest BCUT2D eigenvalue weighted by molar-refractivity contribution is -0.139. The summed E-state index contributed by atoms with van der Waals surface area (Å²) in [6.45, 7) is 8.30. The summed E-state index contributed by atoms with van der Waals surface area (Å²) in [5.41, 5.74) is 0. The van der Waals surface area contributed by atoms with E-state index in [2.05, 4.69) is 24.5 Å². The highest BCUT2D eigenvalue weighted by molar-refractivity contribution is 5.82. The summed E-state index contributed by atoms with van der Waals surface area (Å²) >= 11 is 0. The molecule has 0 heterocycles. The van der Waals surface area contributed by atoms with E-state index in [1.807, 2.05) is 13.8 Å². The van der Waals surface area contributed by atoms with Gasteiger partial charge in [-0.05, 0) is 25.7 Å². The van der Waals surface area contributed by atoms with Crippen molar-refractivity contribution in [2.75, 3.05) is 0 Å². The Kier molecular flexibility index (Phi) is 9.86. The minimum Gasteiger partial charge on any atom is -0.480 e. The number of nitrogens with one attached hydrogen (secondary N) is 2. The zero-order chi connectivity index (χ0) is 15.5. The number of carboxylic acid groups (broad SMARTS) is 1. The zero-order valence-corrected chi connectivity index (χ0v) is 13.2. The van der Waals surface area contributed by atoms with E-state index < -0.39 is 12.0 Å². The Balaban J connectivity index is 4.01. The number of aliphatic carboxylic acids is 1. The molecule has 0 saturated heterocycles. The molecule has 0 aliphatic rings. The van der Waals surface area contributed by atoms with Crippen LogP contribution in [-0.4, -0.2) is 29.2 Å². The molecule has 0 radical (unpaired) electrons. The van der Waals surface area contributed by atoms with Crippen LogP contribution in [0, 0.1) is 5.92 Å². The van der Waals surface area contributed by atoms with Crippen LogP contribution < -0.4 is 10.6 Å². The highest BCUT2D eigenvalue weighted by Crippen LogP contribution is 2.08. The van der Waals surface area contributed by atoms with Gasteiger partial charge in [-0.1, -0.05) is 46.5 Å². The third kappa shape index (κ3) is 9.64. The van der Waals surface area contributed by atoms with E-state index in [-0.39, 0.29) is 12.1 Å². The molecule has 20 heavy (non-hydrogen) atoms. The summed E-state index contributed by atoms with van der Waals surface area (Å²) < 4.78 is 0. The fraction of sp³-hybridized carbons (Fsp3) is 0.867. The van der Waals surface area contributed by atoms with Crippen molar-refractivity contribution in [3.63, 3.8) is 0 Å². The molecule has 0 aromatic carbocycles. The van der Waals surface area contributed by atoms with Gasteiger partial charge in [0.25, 0.3) is 0 Å². The number of carboxylic acids is 1. The predicted octanol–water partition coefficient (Wildman–Crippen LogP) is 3.14. The van der Waals surface area contributed by atoms with Gasteiger partial charge in [0.05, 0.1) is 0 Å². The second kappa shape index (κ2) is 10.5. The molecule has 0 saturated carbocycles. The number of unbranched alkanes of at least 4 members (excludes halogenated alkanes) is 1. The highest BCUT2D eigenvalue weighted by Gasteiger charge is 2.19. The molecule has 0 aliphatic carbocycles. The molecule has 0 rings (SSSR count). The monoisotopic (exact) mass is 286 g/mol. The second-order valence-electron chi connectivity index (χ2n) is 5.88. The molecule has 1 unspecified atom stereocenters. The first kappa shape index (κ1) is 18.7. The highest BCUT2D eigenvalue weighted by atomic mass is 16.4. The van der Waals surface area contributed by atoms with E-state index in [1.54, 1.807) is 0 Å². The van der Waals surface area contributed by atoms with E-state index in [4.69, 9.17) is 5.11 Å². The van der Waals surface area contributed by atoms with E-state index >= 15 is 0 Å². The van der Waals surface area contributed by atoms with Gasteiger partial charge in [-0.2, -0.15) is 0 Å². The standard InChI is InChI=1S/C15H30N2O3/c1-5-6-10-13(14(18)19)17-15(20)16-12(4)9-7-8-11(2)3/h11-13H,5-10H2,1-4H3,(H,18,19)(H2,16,17,20)/t12?,13-/m0/s1. The molecule has 0 aliphatic heterocycles. The minimum absolute atomic E-state index is 0.0642. The molecule has 0 aromatic heterocycles. The first-order valence-corrected chi connectivity index (χ1v) is 7.66. The van der Waals surface area contributed by atoms with E-state index in [1.165, 1.54) is 0 Å². The Bertz CT molecular complexity index is 293. The maximum atomic E-state index is 11.7. The van der Waals surface area contributed by atoms with Crippen LogP contribution in [0.15, 0.2) is 0 Å². The number of rotatable bonds is 10. The number of carbonyl (C=O) groups excluding carboxylic acids is 1. The Morgan fingerprint density at radius 1 is 1.00 bits per heavy atom. The van der Waals surface area contributed by atoms with Gasteiger partial charge in [0.1, 0.15) is 6.04 Å². The SMILES string of the molecule is CCCC[C@H](NC(=O)NC(C)CCCC(C)C)C(=O)O. The minimum atomic E-state index is -0.971. The van der Waals surface area contributed by atoms with Crippen molar-refractivity contribution >= 4 is 12.0 Å². The first-order chi connectivity index (χ1) is 9.36.